The Morgan fingerprint density at radius 3 is 2.91 bits per heavy atom. The molecule has 1 aromatic heterocycles. The highest BCUT2D eigenvalue weighted by atomic mass is 16.5. The number of hydrogen-bond acceptors (Lipinski definition) is 4. The van der Waals surface area contributed by atoms with Gasteiger partial charge in [-0.05, 0) is 13.8 Å². The summed E-state index contributed by atoms with van der Waals surface area (Å²) < 4.78 is 5.21. The molecule has 2 N–H and O–H groups in total. The molecule has 0 atom stereocenters. The Bertz CT molecular complexity index is 249. The van der Waals surface area contributed by atoms with Crippen LogP contribution in [0.15, 0.2) is 6.20 Å². The van der Waals surface area contributed by atoms with Crippen LogP contribution >= 0.6 is 0 Å². The first kappa shape index (κ1) is 7.78. The Hall–Kier alpha value is -1.32. The molecule has 11 heavy (non-hydrogen) atoms. The largest absolute Gasteiger partial charge is 0.490 e. The second-order valence-corrected chi connectivity index (χ2v) is 2.11. The van der Waals surface area contributed by atoms with Crippen LogP contribution in [0.1, 0.15) is 12.6 Å². The van der Waals surface area contributed by atoms with E-state index in [-0.39, 0.29) is 5.95 Å². The van der Waals surface area contributed by atoms with Crippen LogP contribution in [-0.4, -0.2) is 16.6 Å². The van der Waals surface area contributed by atoms with Gasteiger partial charge in [0.25, 0.3) is 0 Å². The molecule has 4 nitrogen and oxygen atoms in total. The Balaban J connectivity index is 2.90. The second-order valence-electron chi connectivity index (χ2n) is 2.11. The van der Waals surface area contributed by atoms with E-state index in [0.717, 1.165) is 5.69 Å². The molecule has 0 aromatic carbocycles. The summed E-state index contributed by atoms with van der Waals surface area (Å²) in [6, 6.07) is 0. The predicted molar refractivity (Wildman–Crippen MR) is 42.4 cm³/mol. The molecule has 60 valence electrons. The number of rotatable bonds is 2. The average Bonchev–Trinajstić information content (AvgIpc) is 1.95. The molecule has 0 aliphatic heterocycles. The lowest BCUT2D eigenvalue weighted by Crippen LogP contribution is -2.00. The SMILES string of the molecule is CCOc1cnc(N)nc1C. The van der Waals surface area contributed by atoms with Gasteiger partial charge in [0.1, 0.15) is 0 Å². The van der Waals surface area contributed by atoms with Crippen molar-refractivity contribution in [2.24, 2.45) is 0 Å². The minimum atomic E-state index is 0.283. The van der Waals surface area contributed by atoms with Crippen molar-refractivity contribution in [3.05, 3.63) is 11.9 Å². The molecule has 0 radical (unpaired) electrons. The van der Waals surface area contributed by atoms with Crippen LogP contribution < -0.4 is 10.5 Å². The van der Waals surface area contributed by atoms with Gasteiger partial charge < -0.3 is 10.5 Å². The Morgan fingerprint density at radius 2 is 2.36 bits per heavy atom. The van der Waals surface area contributed by atoms with E-state index in [2.05, 4.69) is 9.97 Å². The zero-order valence-corrected chi connectivity index (χ0v) is 6.66. The molecular weight excluding hydrogens is 142 g/mol. The van der Waals surface area contributed by atoms with Gasteiger partial charge in [-0.25, -0.2) is 9.97 Å². The van der Waals surface area contributed by atoms with Crippen molar-refractivity contribution < 1.29 is 4.74 Å². The highest BCUT2D eigenvalue weighted by Crippen LogP contribution is 2.13. The summed E-state index contributed by atoms with van der Waals surface area (Å²) >= 11 is 0. The lowest BCUT2D eigenvalue weighted by atomic mass is 10.4. The van der Waals surface area contributed by atoms with Crippen molar-refractivity contribution in [2.45, 2.75) is 13.8 Å². The van der Waals surface area contributed by atoms with Gasteiger partial charge in [0.15, 0.2) is 5.75 Å². The normalized spacial score (nSPS) is 9.64. The molecule has 1 rings (SSSR count). The zero-order valence-electron chi connectivity index (χ0n) is 6.66. The van der Waals surface area contributed by atoms with Gasteiger partial charge in [0.2, 0.25) is 5.95 Å². The number of anilines is 1. The minimum Gasteiger partial charge on any atom is -0.490 e. The maximum absolute atomic E-state index is 5.35. The van der Waals surface area contributed by atoms with Gasteiger partial charge in [0, 0.05) is 0 Å². The van der Waals surface area contributed by atoms with Crippen LogP contribution in [0.25, 0.3) is 0 Å². The number of nitrogen functional groups attached to an aromatic ring is 1. The Morgan fingerprint density at radius 1 is 1.64 bits per heavy atom. The molecule has 1 aromatic rings. The van der Waals surface area contributed by atoms with Crippen molar-refractivity contribution in [3.8, 4) is 5.75 Å². The zero-order chi connectivity index (χ0) is 8.27. The molecule has 1 heterocycles. The standard InChI is InChI=1S/C7H11N3O/c1-3-11-6-4-9-7(8)10-5(6)2/h4H,3H2,1-2H3,(H2,8,9,10). The first-order valence-corrected chi connectivity index (χ1v) is 3.46. The van der Waals surface area contributed by atoms with E-state index in [9.17, 15) is 0 Å². The molecular formula is C7H11N3O. The molecule has 0 amide bonds. The summed E-state index contributed by atoms with van der Waals surface area (Å²) in [7, 11) is 0. The fourth-order valence-corrected chi connectivity index (χ4v) is 0.771. The Kier molecular flexibility index (Phi) is 2.25. The van der Waals surface area contributed by atoms with E-state index in [0.29, 0.717) is 12.4 Å². The summed E-state index contributed by atoms with van der Waals surface area (Å²) in [6.07, 6.45) is 1.58. The van der Waals surface area contributed by atoms with Crippen LogP contribution in [0, 0.1) is 6.92 Å². The van der Waals surface area contributed by atoms with Gasteiger partial charge in [-0.15, -0.1) is 0 Å². The third kappa shape index (κ3) is 1.80. The van der Waals surface area contributed by atoms with E-state index in [1.807, 2.05) is 13.8 Å². The van der Waals surface area contributed by atoms with Gasteiger partial charge in [0.05, 0.1) is 18.5 Å². The third-order valence-corrected chi connectivity index (χ3v) is 1.25. The molecule has 0 unspecified atom stereocenters. The first-order valence-electron chi connectivity index (χ1n) is 3.46. The maximum Gasteiger partial charge on any atom is 0.220 e. The number of nitrogens with zero attached hydrogens (tertiary/aromatic N) is 2. The topological polar surface area (TPSA) is 61.0 Å². The second kappa shape index (κ2) is 3.18. The van der Waals surface area contributed by atoms with Crippen LogP contribution in [-0.2, 0) is 0 Å². The quantitative estimate of drug-likeness (QED) is 0.681. The van der Waals surface area contributed by atoms with E-state index < -0.39 is 0 Å². The molecule has 0 bridgehead atoms. The molecule has 0 saturated carbocycles. The smallest absolute Gasteiger partial charge is 0.220 e. The lowest BCUT2D eigenvalue weighted by Gasteiger charge is -2.04. The van der Waals surface area contributed by atoms with E-state index in [1.54, 1.807) is 6.20 Å². The number of nitrogens with two attached hydrogens (primary N) is 1. The van der Waals surface area contributed by atoms with Crippen LogP contribution in [0.4, 0.5) is 5.95 Å². The highest BCUT2D eigenvalue weighted by molar-refractivity contribution is 5.28. The summed E-state index contributed by atoms with van der Waals surface area (Å²) in [5.41, 5.74) is 6.12. The Labute approximate surface area is 65.4 Å². The summed E-state index contributed by atoms with van der Waals surface area (Å²) in [5, 5.41) is 0. The molecule has 4 heteroatoms. The van der Waals surface area contributed by atoms with Crippen molar-refractivity contribution >= 4 is 5.95 Å². The van der Waals surface area contributed by atoms with Gasteiger partial charge in [-0.3, -0.25) is 0 Å². The molecule has 0 fully saturated rings. The number of aryl methyl sites for hydroxylation is 1. The summed E-state index contributed by atoms with van der Waals surface area (Å²) in [6.45, 7) is 4.37. The van der Waals surface area contributed by atoms with Crippen LogP contribution in [0.3, 0.4) is 0 Å². The highest BCUT2D eigenvalue weighted by Gasteiger charge is 1.99. The van der Waals surface area contributed by atoms with Crippen molar-refractivity contribution in [2.75, 3.05) is 12.3 Å². The summed E-state index contributed by atoms with van der Waals surface area (Å²) in [4.78, 5) is 7.73. The molecule has 0 aliphatic carbocycles. The predicted octanol–water partition coefficient (Wildman–Crippen LogP) is 0.766. The minimum absolute atomic E-state index is 0.283. The van der Waals surface area contributed by atoms with Gasteiger partial charge in [-0.2, -0.15) is 0 Å². The van der Waals surface area contributed by atoms with Crippen LogP contribution in [0.5, 0.6) is 5.75 Å². The van der Waals surface area contributed by atoms with E-state index in [1.165, 1.54) is 0 Å². The third-order valence-electron chi connectivity index (χ3n) is 1.25. The van der Waals surface area contributed by atoms with E-state index in [4.69, 9.17) is 10.5 Å². The summed E-state index contributed by atoms with van der Waals surface area (Å²) in [5.74, 6) is 0.979. The molecule has 0 aliphatic rings. The van der Waals surface area contributed by atoms with Crippen LogP contribution in [0.2, 0.25) is 0 Å². The van der Waals surface area contributed by atoms with Crippen molar-refractivity contribution in [1.82, 2.24) is 9.97 Å². The maximum atomic E-state index is 5.35. The van der Waals surface area contributed by atoms with Gasteiger partial charge in [-0.1, -0.05) is 0 Å². The molecule has 0 spiro atoms. The number of aromatic nitrogens is 2. The molecule has 0 saturated heterocycles. The fourth-order valence-electron chi connectivity index (χ4n) is 0.771. The number of ether oxygens (including phenoxy) is 1. The lowest BCUT2D eigenvalue weighted by molar-refractivity contribution is 0.334. The van der Waals surface area contributed by atoms with Crippen molar-refractivity contribution in [1.29, 1.82) is 0 Å². The van der Waals surface area contributed by atoms with Crippen molar-refractivity contribution in [3.63, 3.8) is 0 Å². The van der Waals surface area contributed by atoms with E-state index >= 15 is 0 Å². The fraction of sp³-hybridized carbons (Fsp3) is 0.429. The average molecular weight is 153 g/mol. The van der Waals surface area contributed by atoms with Gasteiger partial charge >= 0.3 is 0 Å². The first-order chi connectivity index (χ1) is 5.24. The number of hydrogen-bond donors (Lipinski definition) is 1. The monoisotopic (exact) mass is 153 g/mol.